The number of aryl methyl sites for hydroxylation is 1. The number of aromatic nitrogens is 1. The van der Waals surface area contributed by atoms with E-state index in [4.69, 9.17) is 10.5 Å². The van der Waals surface area contributed by atoms with Gasteiger partial charge in [0, 0.05) is 18.1 Å². The van der Waals surface area contributed by atoms with Crippen LogP contribution < -0.4 is 16.0 Å². The average Bonchev–Trinajstić information content (AvgIpc) is 2.43. The number of pyridine rings is 1. The Morgan fingerprint density at radius 1 is 1.35 bits per heavy atom. The average molecular weight is 276 g/mol. The number of hydrogen-bond donors (Lipinski definition) is 1. The summed E-state index contributed by atoms with van der Waals surface area (Å²) >= 11 is 0. The number of esters is 1. The van der Waals surface area contributed by atoms with Crippen LogP contribution in [0.1, 0.15) is 6.92 Å². The molecule has 0 aliphatic carbocycles. The molecule has 0 aliphatic heterocycles. The summed E-state index contributed by atoms with van der Waals surface area (Å²) in [4.78, 5) is 23.5. The lowest BCUT2D eigenvalue weighted by Crippen LogP contribution is -2.29. The molecule has 0 amide bonds. The van der Waals surface area contributed by atoms with Gasteiger partial charge in [0.2, 0.25) is 0 Å². The van der Waals surface area contributed by atoms with Crippen molar-refractivity contribution in [2.24, 2.45) is 7.05 Å². The van der Waals surface area contributed by atoms with E-state index in [-0.39, 0.29) is 11.3 Å². The van der Waals surface area contributed by atoms with E-state index in [1.165, 1.54) is 18.6 Å². The van der Waals surface area contributed by atoms with Crippen LogP contribution in [0.25, 0.3) is 10.9 Å². The molecule has 2 aromatic rings. The van der Waals surface area contributed by atoms with Crippen LogP contribution in [-0.4, -0.2) is 23.8 Å². The zero-order valence-electron chi connectivity index (χ0n) is 11.5. The summed E-state index contributed by atoms with van der Waals surface area (Å²) in [6, 6.07) is 6.80. The minimum Gasteiger partial charge on any atom is -0.473 e. The highest BCUT2D eigenvalue weighted by Gasteiger charge is 2.17. The van der Waals surface area contributed by atoms with Crippen LogP contribution in [0.2, 0.25) is 0 Å². The highest BCUT2D eigenvalue weighted by Crippen LogP contribution is 2.20. The largest absolute Gasteiger partial charge is 0.473 e. The number of methoxy groups -OCH3 is 1. The second kappa shape index (κ2) is 5.24. The maximum Gasteiger partial charge on any atom is 0.346 e. The number of ether oxygens (including phenoxy) is 2. The van der Waals surface area contributed by atoms with Crippen LogP contribution in [0.4, 0.5) is 5.69 Å². The van der Waals surface area contributed by atoms with Crippen molar-refractivity contribution in [1.82, 2.24) is 4.57 Å². The van der Waals surface area contributed by atoms with Gasteiger partial charge in [0.1, 0.15) is 0 Å². The number of fused-ring (bicyclic) bond motifs is 1. The Morgan fingerprint density at radius 2 is 2.05 bits per heavy atom. The van der Waals surface area contributed by atoms with Crippen molar-refractivity contribution >= 4 is 22.6 Å². The fraction of sp³-hybridized carbons (Fsp3) is 0.286. The predicted molar refractivity (Wildman–Crippen MR) is 75.7 cm³/mol. The third kappa shape index (κ3) is 2.45. The van der Waals surface area contributed by atoms with Gasteiger partial charge < -0.3 is 19.8 Å². The molecule has 106 valence electrons. The quantitative estimate of drug-likeness (QED) is 0.669. The molecule has 0 bridgehead atoms. The maximum absolute atomic E-state index is 12.2. The summed E-state index contributed by atoms with van der Waals surface area (Å²) in [7, 11) is 2.90. The Labute approximate surface area is 115 Å². The standard InChI is InChI=1S/C14H16N2O4/c1-8(14(18)19-3)20-12-7-9-6-10(15)4-5-11(9)16(2)13(12)17/h4-8H,15H2,1-3H3. The molecule has 0 fully saturated rings. The van der Waals surface area contributed by atoms with E-state index in [0.717, 1.165) is 10.9 Å². The molecule has 6 nitrogen and oxygen atoms in total. The summed E-state index contributed by atoms with van der Waals surface area (Å²) in [5.74, 6) is -0.455. The van der Waals surface area contributed by atoms with Gasteiger partial charge in [0.15, 0.2) is 11.9 Å². The summed E-state index contributed by atoms with van der Waals surface area (Å²) in [5, 5.41) is 0.763. The van der Waals surface area contributed by atoms with Crippen molar-refractivity contribution in [2.45, 2.75) is 13.0 Å². The molecule has 2 N–H and O–H groups in total. The lowest BCUT2D eigenvalue weighted by atomic mass is 10.2. The Morgan fingerprint density at radius 3 is 2.70 bits per heavy atom. The molecule has 20 heavy (non-hydrogen) atoms. The van der Waals surface area contributed by atoms with Crippen molar-refractivity contribution in [1.29, 1.82) is 0 Å². The van der Waals surface area contributed by atoms with Gasteiger partial charge in [0.05, 0.1) is 12.6 Å². The fourth-order valence-corrected chi connectivity index (χ4v) is 1.96. The first-order valence-electron chi connectivity index (χ1n) is 6.07. The van der Waals surface area contributed by atoms with E-state index >= 15 is 0 Å². The van der Waals surface area contributed by atoms with Gasteiger partial charge in [-0.25, -0.2) is 4.79 Å². The van der Waals surface area contributed by atoms with Gasteiger partial charge >= 0.3 is 5.97 Å². The molecule has 0 spiro atoms. The molecular weight excluding hydrogens is 260 g/mol. The third-order valence-electron chi connectivity index (χ3n) is 3.05. The van der Waals surface area contributed by atoms with Gasteiger partial charge in [0.25, 0.3) is 5.56 Å². The molecule has 0 aliphatic rings. The number of nitrogens with two attached hydrogens (primary N) is 1. The molecule has 1 atom stereocenters. The SMILES string of the molecule is COC(=O)C(C)Oc1cc2cc(N)ccc2n(C)c1=O. The third-order valence-corrected chi connectivity index (χ3v) is 3.05. The monoisotopic (exact) mass is 276 g/mol. The number of nitrogen functional groups attached to an aromatic ring is 1. The molecule has 2 rings (SSSR count). The lowest BCUT2D eigenvalue weighted by molar-refractivity contribution is -0.147. The Balaban J connectivity index is 2.51. The van der Waals surface area contributed by atoms with E-state index in [2.05, 4.69) is 4.74 Å². The lowest BCUT2D eigenvalue weighted by Gasteiger charge is -2.14. The molecule has 1 aromatic heterocycles. The molecule has 0 saturated heterocycles. The maximum atomic E-state index is 12.2. The topological polar surface area (TPSA) is 83.5 Å². The Hall–Kier alpha value is -2.50. The predicted octanol–water partition coefficient (Wildman–Crippen LogP) is 1.06. The van der Waals surface area contributed by atoms with Crippen molar-refractivity contribution in [3.05, 3.63) is 34.6 Å². The Kier molecular flexibility index (Phi) is 3.65. The minimum absolute atomic E-state index is 0.0866. The first-order valence-corrected chi connectivity index (χ1v) is 6.07. The van der Waals surface area contributed by atoms with Crippen molar-refractivity contribution < 1.29 is 14.3 Å². The van der Waals surface area contributed by atoms with Crippen LogP contribution in [0.5, 0.6) is 5.75 Å². The van der Waals surface area contributed by atoms with Gasteiger partial charge in [-0.3, -0.25) is 4.79 Å². The minimum atomic E-state index is -0.855. The van der Waals surface area contributed by atoms with E-state index in [1.54, 1.807) is 31.3 Å². The van der Waals surface area contributed by atoms with Crippen LogP contribution in [0, 0.1) is 0 Å². The van der Waals surface area contributed by atoms with Crippen molar-refractivity contribution in [2.75, 3.05) is 12.8 Å². The van der Waals surface area contributed by atoms with Gasteiger partial charge in [-0.2, -0.15) is 0 Å². The van der Waals surface area contributed by atoms with E-state index in [9.17, 15) is 9.59 Å². The second-order valence-electron chi connectivity index (χ2n) is 4.47. The van der Waals surface area contributed by atoms with E-state index < -0.39 is 12.1 Å². The molecule has 0 radical (unpaired) electrons. The van der Waals surface area contributed by atoms with E-state index in [1.807, 2.05) is 0 Å². The molecular formula is C14H16N2O4. The summed E-state index contributed by atoms with van der Waals surface area (Å²) in [5.41, 5.74) is 6.73. The molecule has 1 heterocycles. The van der Waals surface area contributed by atoms with E-state index in [0.29, 0.717) is 5.69 Å². The smallest absolute Gasteiger partial charge is 0.346 e. The number of carbonyl (C=O) groups excluding carboxylic acids is 1. The number of carbonyl (C=O) groups is 1. The molecule has 6 heteroatoms. The Bertz CT molecular complexity index is 721. The molecule has 1 aromatic carbocycles. The van der Waals surface area contributed by atoms with Crippen LogP contribution in [0.3, 0.4) is 0 Å². The molecule has 0 saturated carbocycles. The van der Waals surface area contributed by atoms with Gasteiger partial charge in [-0.1, -0.05) is 0 Å². The highest BCUT2D eigenvalue weighted by molar-refractivity contribution is 5.83. The highest BCUT2D eigenvalue weighted by atomic mass is 16.6. The van der Waals surface area contributed by atoms with Crippen LogP contribution in [-0.2, 0) is 16.6 Å². The zero-order chi connectivity index (χ0) is 14.9. The van der Waals surface area contributed by atoms with Gasteiger partial charge in [-0.05, 0) is 31.2 Å². The van der Waals surface area contributed by atoms with Crippen molar-refractivity contribution in [3.8, 4) is 5.75 Å². The number of hydrogen-bond acceptors (Lipinski definition) is 5. The number of rotatable bonds is 3. The normalized spacial score (nSPS) is 12.2. The summed E-state index contributed by atoms with van der Waals surface area (Å²) in [6.45, 7) is 1.52. The first kappa shape index (κ1) is 13.9. The van der Waals surface area contributed by atoms with Gasteiger partial charge in [-0.15, -0.1) is 0 Å². The number of nitrogens with zero attached hydrogens (tertiary/aromatic N) is 1. The number of anilines is 1. The summed E-state index contributed by atoms with van der Waals surface area (Å²) < 4.78 is 11.4. The fourth-order valence-electron chi connectivity index (χ4n) is 1.96. The number of benzene rings is 1. The van der Waals surface area contributed by atoms with Crippen LogP contribution in [0.15, 0.2) is 29.1 Å². The second-order valence-corrected chi connectivity index (χ2v) is 4.47. The first-order chi connectivity index (χ1) is 9.43. The zero-order valence-corrected chi connectivity index (χ0v) is 11.5. The summed E-state index contributed by atoms with van der Waals surface area (Å²) in [6.07, 6.45) is -0.855. The molecule has 1 unspecified atom stereocenters. The van der Waals surface area contributed by atoms with Crippen LogP contribution >= 0.6 is 0 Å². The van der Waals surface area contributed by atoms with Crippen molar-refractivity contribution in [3.63, 3.8) is 0 Å².